The van der Waals surface area contributed by atoms with Gasteiger partial charge in [0.25, 0.3) is 0 Å². The van der Waals surface area contributed by atoms with Gasteiger partial charge in [0.05, 0.1) is 5.92 Å². The fourth-order valence-corrected chi connectivity index (χ4v) is 5.90. The van der Waals surface area contributed by atoms with E-state index < -0.39 is 24.0 Å². The standard InChI is InChI=1S/C26H28N2O5/c1-15(12-24(29)28-16-10-11-23(28)21(13-16)25(30)31)27-26(32)33-14-22-19-8-4-2-6-17(19)18-7-3-5-9-20(18)22/h2-9,15-16,21-23H,10-14H2,1H3,(H,27,32)(H,30,31)/t15-,16+,21-,23-/m0/s1. The molecule has 33 heavy (non-hydrogen) atoms. The number of ether oxygens (including phenoxy) is 1. The average molecular weight is 449 g/mol. The van der Waals surface area contributed by atoms with Crippen molar-refractivity contribution in [1.29, 1.82) is 0 Å². The molecule has 7 nitrogen and oxygen atoms in total. The molecule has 2 bridgehead atoms. The summed E-state index contributed by atoms with van der Waals surface area (Å²) >= 11 is 0. The zero-order valence-electron chi connectivity index (χ0n) is 18.6. The van der Waals surface area contributed by atoms with Crippen LogP contribution in [0.2, 0.25) is 0 Å². The van der Waals surface area contributed by atoms with Crippen molar-refractivity contribution >= 4 is 18.0 Å². The Kier molecular flexibility index (Phi) is 5.56. The molecule has 2 saturated heterocycles. The normalized spacial score (nSPS) is 23.7. The van der Waals surface area contributed by atoms with Crippen LogP contribution < -0.4 is 5.32 Å². The summed E-state index contributed by atoms with van der Waals surface area (Å²) in [5.74, 6) is -1.42. The summed E-state index contributed by atoms with van der Waals surface area (Å²) < 4.78 is 5.57. The predicted molar refractivity (Wildman–Crippen MR) is 122 cm³/mol. The summed E-state index contributed by atoms with van der Waals surface area (Å²) in [5, 5.41) is 12.2. The van der Waals surface area contributed by atoms with Crippen molar-refractivity contribution in [3.05, 3.63) is 59.7 Å². The highest BCUT2D eigenvalue weighted by atomic mass is 16.5. The van der Waals surface area contributed by atoms with Crippen molar-refractivity contribution in [1.82, 2.24) is 10.2 Å². The van der Waals surface area contributed by atoms with Crippen LogP contribution >= 0.6 is 0 Å². The Hall–Kier alpha value is -3.35. The number of rotatable bonds is 6. The minimum Gasteiger partial charge on any atom is -0.481 e. The minimum atomic E-state index is -0.829. The molecule has 1 aliphatic carbocycles. The number of amides is 2. The van der Waals surface area contributed by atoms with Gasteiger partial charge < -0.3 is 20.1 Å². The number of carbonyl (C=O) groups is 3. The van der Waals surface area contributed by atoms with Crippen molar-refractivity contribution in [3.8, 4) is 11.1 Å². The predicted octanol–water partition coefficient (Wildman–Crippen LogP) is 3.77. The molecule has 2 N–H and O–H groups in total. The van der Waals surface area contributed by atoms with Gasteiger partial charge in [-0.15, -0.1) is 0 Å². The maximum atomic E-state index is 12.8. The third kappa shape index (κ3) is 3.86. The van der Waals surface area contributed by atoms with Crippen LogP contribution in [0.1, 0.15) is 49.7 Å². The summed E-state index contributed by atoms with van der Waals surface area (Å²) in [6.45, 7) is 1.99. The Morgan fingerprint density at radius 2 is 1.70 bits per heavy atom. The SMILES string of the molecule is C[C@@H](CC(=O)N1[C@@H]2CC[C@H]1[C@@H](C(=O)O)C2)NC(=O)OCC1c2ccccc2-c2ccccc21. The number of hydrogen-bond acceptors (Lipinski definition) is 4. The lowest BCUT2D eigenvalue weighted by Crippen LogP contribution is -2.42. The fraction of sp³-hybridized carbons (Fsp3) is 0.423. The number of carboxylic acids is 1. The number of aliphatic carboxylic acids is 1. The maximum Gasteiger partial charge on any atom is 0.407 e. The number of carbonyl (C=O) groups excluding carboxylic acids is 2. The molecule has 2 aromatic carbocycles. The van der Waals surface area contributed by atoms with Crippen LogP contribution in [-0.4, -0.2) is 52.7 Å². The van der Waals surface area contributed by atoms with Crippen molar-refractivity contribution < 1.29 is 24.2 Å². The molecule has 0 saturated carbocycles. The number of hydrogen-bond donors (Lipinski definition) is 2. The Morgan fingerprint density at radius 1 is 1.06 bits per heavy atom. The average Bonchev–Trinajstić information content (AvgIpc) is 3.47. The number of nitrogens with one attached hydrogen (secondary N) is 1. The van der Waals surface area contributed by atoms with Crippen LogP contribution in [0.25, 0.3) is 11.1 Å². The second kappa shape index (κ2) is 8.54. The summed E-state index contributed by atoms with van der Waals surface area (Å²) in [4.78, 5) is 38.5. The van der Waals surface area contributed by atoms with Crippen molar-refractivity contribution in [2.75, 3.05) is 6.61 Å². The molecular weight excluding hydrogens is 420 g/mol. The lowest BCUT2D eigenvalue weighted by molar-refractivity contribution is -0.143. The molecule has 0 unspecified atom stereocenters. The van der Waals surface area contributed by atoms with Crippen molar-refractivity contribution in [2.24, 2.45) is 5.92 Å². The highest BCUT2D eigenvalue weighted by Crippen LogP contribution is 2.44. The van der Waals surface area contributed by atoms with Gasteiger partial charge in [0.1, 0.15) is 6.61 Å². The molecule has 4 atom stereocenters. The van der Waals surface area contributed by atoms with E-state index >= 15 is 0 Å². The lowest BCUT2D eigenvalue weighted by Gasteiger charge is -2.25. The van der Waals surface area contributed by atoms with E-state index in [1.54, 1.807) is 11.8 Å². The second-order valence-electron chi connectivity index (χ2n) is 9.36. The summed E-state index contributed by atoms with van der Waals surface area (Å²) in [6.07, 6.45) is 1.70. The van der Waals surface area contributed by atoms with E-state index in [2.05, 4.69) is 29.6 Å². The molecule has 2 fully saturated rings. The van der Waals surface area contributed by atoms with E-state index in [1.807, 2.05) is 24.3 Å². The zero-order valence-corrected chi connectivity index (χ0v) is 18.6. The first kappa shape index (κ1) is 21.5. The molecule has 7 heteroatoms. The summed E-state index contributed by atoms with van der Waals surface area (Å²) in [6, 6.07) is 15.7. The second-order valence-corrected chi connectivity index (χ2v) is 9.36. The molecule has 2 aliphatic heterocycles. The highest BCUT2D eigenvalue weighted by molar-refractivity contribution is 5.82. The largest absolute Gasteiger partial charge is 0.481 e. The number of benzene rings is 2. The zero-order chi connectivity index (χ0) is 23.1. The number of alkyl carbamates (subject to hydrolysis) is 1. The van der Waals surface area contributed by atoms with Gasteiger partial charge in [-0.1, -0.05) is 48.5 Å². The van der Waals surface area contributed by atoms with Crippen LogP contribution in [0.4, 0.5) is 4.79 Å². The topological polar surface area (TPSA) is 95.9 Å². The first-order chi connectivity index (χ1) is 15.9. The van der Waals surface area contributed by atoms with Gasteiger partial charge >= 0.3 is 12.1 Å². The Balaban J connectivity index is 1.16. The summed E-state index contributed by atoms with van der Waals surface area (Å²) in [5.41, 5.74) is 4.63. The number of fused-ring (bicyclic) bond motifs is 5. The van der Waals surface area contributed by atoms with Gasteiger partial charge in [-0.3, -0.25) is 9.59 Å². The first-order valence-corrected chi connectivity index (χ1v) is 11.6. The molecule has 0 radical (unpaired) electrons. The minimum absolute atomic E-state index is 0.00487. The fourth-order valence-electron chi connectivity index (χ4n) is 5.90. The van der Waals surface area contributed by atoms with Crippen LogP contribution in [0.15, 0.2) is 48.5 Å². The van der Waals surface area contributed by atoms with Crippen molar-refractivity contribution in [3.63, 3.8) is 0 Å². The molecular formula is C26H28N2O5. The van der Waals surface area contributed by atoms with Gasteiger partial charge in [-0.25, -0.2) is 4.79 Å². The van der Waals surface area contributed by atoms with Crippen LogP contribution in [0.3, 0.4) is 0 Å². The van der Waals surface area contributed by atoms with Gasteiger partial charge in [-0.05, 0) is 48.4 Å². The third-order valence-electron chi connectivity index (χ3n) is 7.33. The van der Waals surface area contributed by atoms with Gasteiger partial charge in [-0.2, -0.15) is 0 Å². The van der Waals surface area contributed by atoms with E-state index in [1.165, 1.54) is 11.1 Å². The van der Waals surface area contributed by atoms with E-state index in [-0.39, 0.29) is 36.9 Å². The summed E-state index contributed by atoms with van der Waals surface area (Å²) in [7, 11) is 0. The van der Waals surface area contributed by atoms with Crippen LogP contribution in [0.5, 0.6) is 0 Å². The molecule has 2 amide bonds. The van der Waals surface area contributed by atoms with Crippen LogP contribution in [-0.2, 0) is 14.3 Å². The number of carboxylic acid groups (broad SMARTS) is 1. The van der Waals surface area contributed by atoms with Gasteiger partial charge in [0.15, 0.2) is 0 Å². The monoisotopic (exact) mass is 448 g/mol. The van der Waals surface area contributed by atoms with E-state index in [0.29, 0.717) is 6.42 Å². The Labute approximate surface area is 192 Å². The van der Waals surface area contributed by atoms with E-state index in [9.17, 15) is 19.5 Å². The molecule has 2 heterocycles. The van der Waals surface area contributed by atoms with Crippen molar-refractivity contribution in [2.45, 2.75) is 56.7 Å². The quantitative estimate of drug-likeness (QED) is 0.701. The first-order valence-electron chi connectivity index (χ1n) is 11.6. The maximum absolute atomic E-state index is 12.8. The Morgan fingerprint density at radius 3 is 2.30 bits per heavy atom. The number of nitrogens with zero attached hydrogens (tertiary/aromatic N) is 1. The highest BCUT2D eigenvalue weighted by Gasteiger charge is 2.51. The van der Waals surface area contributed by atoms with E-state index in [0.717, 1.165) is 24.0 Å². The molecule has 3 aliphatic rings. The van der Waals surface area contributed by atoms with Gasteiger partial charge in [0, 0.05) is 30.5 Å². The molecule has 0 aromatic heterocycles. The van der Waals surface area contributed by atoms with E-state index in [4.69, 9.17) is 4.74 Å². The molecule has 0 spiro atoms. The molecule has 2 aromatic rings. The lowest BCUT2D eigenvalue weighted by atomic mass is 9.89. The molecule has 5 rings (SSSR count). The van der Waals surface area contributed by atoms with Crippen LogP contribution in [0, 0.1) is 5.92 Å². The third-order valence-corrected chi connectivity index (χ3v) is 7.33. The van der Waals surface area contributed by atoms with Gasteiger partial charge in [0.2, 0.25) is 5.91 Å². The smallest absolute Gasteiger partial charge is 0.407 e. The Bertz CT molecular complexity index is 1050. The molecule has 172 valence electrons.